The van der Waals surface area contributed by atoms with Gasteiger partial charge in [-0.2, -0.15) is 0 Å². The van der Waals surface area contributed by atoms with Crippen LogP contribution in [-0.4, -0.2) is 38.7 Å². The van der Waals surface area contributed by atoms with E-state index in [0.717, 1.165) is 45.5 Å². The first kappa shape index (κ1) is 29.1. The number of carbonyl (C=O) groups is 1. The van der Waals surface area contributed by atoms with Gasteiger partial charge in [-0.25, -0.2) is 4.79 Å². The fourth-order valence-corrected chi connectivity index (χ4v) is 7.02. The number of carboxylic acid groups (broad SMARTS) is 1. The molecule has 6 rings (SSSR count). The molecule has 1 aliphatic rings. The minimum Gasteiger partial charge on any atom is -0.487 e. The lowest BCUT2D eigenvalue weighted by atomic mass is 9.89. The largest absolute Gasteiger partial charge is 0.487 e. The van der Waals surface area contributed by atoms with Crippen molar-refractivity contribution in [1.29, 1.82) is 0 Å². The number of aliphatic carboxylic acids is 1. The van der Waals surface area contributed by atoms with E-state index >= 15 is 0 Å². The summed E-state index contributed by atoms with van der Waals surface area (Å²) in [5, 5.41) is 17.3. The van der Waals surface area contributed by atoms with Crippen LogP contribution in [0.3, 0.4) is 0 Å². The lowest BCUT2D eigenvalue weighted by Crippen LogP contribution is -2.20. The van der Waals surface area contributed by atoms with Crippen LogP contribution in [0.25, 0.3) is 27.4 Å². The number of pyridine rings is 1. The normalized spacial score (nSPS) is 14.9. The van der Waals surface area contributed by atoms with Gasteiger partial charge < -0.3 is 19.2 Å². The fraction of sp³-hybridized carbons (Fsp3) is 0.265. The number of hydrogen-bond donors (Lipinski definition) is 1. The molecule has 1 atom stereocenters. The minimum absolute atomic E-state index is 0.342. The quantitative estimate of drug-likeness (QED) is 0.126. The average Bonchev–Trinajstić information content (AvgIpc) is 3.28. The summed E-state index contributed by atoms with van der Waals surface area (Å²) in [5.74, 6) is -0.187. The molecule has 0 saturated heterocycles. The Morgan fingerprint density at radius 3 is 2.70 bits per heavy atom. The predicted molar refractivity (Wildman–Crippen MR) is 173 cm³/mol. The SMILES string of the molecule is CC1Cc2c(OCc3cc4ccccc4cn3)ccc3c2c(c(CC(C)(C)C=NOCC(=O)O)n3-c2ccc(Cl)cc2)S1. The number of aromatic nitrogens is 2. The van der Waals surface area contributed by atoms with Crippen molar-refractivity contribution in [2.75, 3.05) is 6.61 Å². The van der Waals surface area contributed by atoms with E-state index in [1.165, 1.54) is 15.8 Å². The Hall–Kier alpha value is -4.01. The minimum atomic E-state index is -1.06. The van der Waals surface area contributed by atoms with E-state index in [1.54, 1.807) is 6.21 Å². The Morgan fingerprint density at radius 1 is 1.16 bits per heavy atom. The van der Waals surface area contributed by atoms with Crippen molar-refractivity contribution < 1.29 is 19.5 Å². The lowest BCUT2D eigenvalue weighted by Gasteiger charge is -2.24. The fourth-order valence-electron chi connectivity index (χ4n) is 5.60. The summed E-state index contributed by atoms with van der Waals surface area (Å²) < 4.78 is 8.78. The molecule has 0 fully saturated rings. The maximum Gasteiger partial charge on any atom is 0.344 e. The smallest absolute Gasteiger partial charge is 0.344 e. The van der Waals surface area contributed by atoms with Crippen LogP contribution in [0, 0.1) is 5.41 Å². The highest BCUT2D eigenvalue weighted by Crippen LogP contribution is 2.48. The van der Waals surface area contributed by atoms with Crippen molar-refractivity contribution in [3.63, 3.8) is 0 Å². The molecule has 1 N–H and O–H groups in total. The molecule has 43 heavy (non-hydrogen) atoms. The Kier molecular flexibility index (Phi) is 8.07. The lowest BCUT2D eigenvalue weighted by molar-refractivity contribution is -0.142. The monoisotopic (exact) mass is 613 g/mol. The maximum atomic E-state index is 10.9. The van der Waals surface area contributed by atoms with Crippen LogP contribution in [0.15, 0.2) is 83.0 Å². The summed E-state index contributed by atoms with van der Waals surface area (Å²) >= 11 is 8.15. The Labute approximate surface area is 259 Å². The molecule has 1 unspecified atom stereocenters. The molecule has 3 heterocycles. The summed E-state index contributed by atoms with van der Waals surface area (Å²) in [5.41, 5.74) is 4.93. The van der Waals surface area contributed by atoms with E-state index < -0.39 is 18.0 Å². The molecule has 0 bridgehead atoms. The third kappa shape index (κ3) is 6.21. The molecule has 5 aromatic rings. The third-order valence-electron chi connectivity index (χ3n) is 7.49. The Balaban J connectivity index is 1.42. The number of ether oxygens (including phenoxy) is 1. The second-order valence-corrected chi connectivity index (χ2v) is 13.4. The summed E-state index contributed by atoms with van der Waals surface area (Å²) in [6.45, 7) is 6.29. The molecule has 0 aliphatic carbocycles. The number of rotatable bonds is 10. The van der Waals surface area contributed by atoms with Crippen molar-refractivity contribution in [3.8, 4) is 11.4 Å². The number of hydrogen-bond acceptors (Lipinski definition) is 6. The van der Waals surface area contributed by atoms with E-state index in [1.807, 2.05) is 54.4 Å². The average molecular weight is 614 g/mol. The zero-order valence-corrected chi connectivity index (χ0v) is 25.8. The predicted octanol–water partition coefficient (Wildman–Crippen LogP) is 8.10. The van der Waals surface area contributed by atoms with Crippen LogP contribution >= 0.6 is 23.4 Å². The standard InChI is InChI=1S/C34H32ClN3O4S/c1-21-14-27-30(41-18-25-15-22-6-4-5-7-23(22)17-36-25)13-12-28-32(27)33(43-21)29(38(28)26-10-8-24(35)9-11-26)16-34(2,3)20-37-42-19-31(39)40/h4-13,15,17,20-21H,14,16,18-19H2,1-3H3,(H,39,40). The number of thioether (sulfide) groups is 1. The topological polar surface area (TPSA) is 85.9 Å². The van der Waals surface area contributed by atoms with Gasteiger partial charge in [0.15, 0.2) is 0 Å². The molecule has 9 heteroatoms. The van der Waals surface area contributed by atoms with Gasteiger partial charge in [0.1, 0.15) is 12.4 Å². The highest BCUT2D eigenvalue weighted by Gasteiger charge is 2.32. The molecule has 220 valence electrons. The van der Waals surface area contributed by atoms with Gasteiger partial charge in [-0.1, -0.05) is 61.8 Å². The van der Waals surface area contributed by atoms with E-state index in [2.05, 4.69) is 65.8 Å². The Morgan fingerprint density at radius 2 is 1.93 bits per heavy atom. The number of benzene rings is 3. The molecule has 1 aliphatic heterocycles. The van der Waals surface area contributed by atoms with Crippen LogP contribution in [0.4, 0.5) is 0 Å². The van der Waals surface area contributed by atoms with Gasteiger partial charge in [0.05, 0.1) is 11.2 Å². The van der Waals surface area contributed by atoms with Crippen molar-refractivity contribution in [1.82, 2.24) is 9.55 Å². The maximum absolute atomic E-state index is 10.9. The first-order valence-corrected chi connectivity index (χ1v) is 15.4. The van der Waals surface area contributed by atoms with Crippen LogP contribution in [0.5, 0.6) is 5.75 Å². The van der Waals surface area contributed by atoms with Gasteiger partial charge in [-0.05, 0) is 60.7 Å². The molecular weight excluding hydrogens is 582 g/mol. The zero-order chi connectivity index (χ0) is 30.1. The van der Waals surface area contributed by atoms with Crippen LogP contribution in [0.2, 0.25) is 5.02 Å². The van der Waals surface area contributed by atoms with E-state index in [-0.39, 0.29) is 0 Å². The first-order valence-electron chi connectivity index (χ1n) is 14.1. The van der Waals surface area contributed by atoms with Crippen LogP contribution < -0.4 is 4.74 Å². The van der Waals surface area contributed by atoms with Crippen LogP contribution in [0.1, 0.15) is 37.7 Å². The van der Waals surface area contributed by atoms with E-state index in [0.29, 0.717) is 23.3 Å². The number of oxime groups is 1. The third-order valence-corrected chi connectivity index (χ3v) is 8.99. The molecule has 0 saturated carbocycles. The number of fused-ring (bicyclic) bond motifs is 1. The van der Waals surface area contributed by atoms with Gasteiger partial charge in [0.25, 0.3) is 0 Å². The number of nitrogens with zero attached hydrogens (tertiary/aromatic N) is 3. The van der Waals surface area contributed by atoms with E-state index in [4.69, 9.17) is 26.3 Å². The summed E-state index contributed by atoms with van der Waals surface area (Å²) in [6.07, 6.45) is 5.12. The second-order valence-electron chi connectivity index (χ2n) is 11.5. The van der Waals surface area contributed by atoms with Gasteiger partial charge in [0.2, 0.25) is 6.61 Å². The van der Waals surface area contributed by atoms with Crippen molar-refractivity contribution in [2.45, 2.75) is 50.4 Å². The van der Waals surface area contributed by atoms with Gasteiger partial charge in [-0.15, -0.1) is 11.8 Å². The van der Waals surface area contributed by atoms with Crippen molar-refractivity contribution >= 4 is 57.2 Å². The number of carboxylic acids is 1. The summed E-state index contributed by atoms with van der Waals surface area (Å²) in [7, 11) is 0. The Bertz CT molecular complexity index is 1850. The second kappa shape index (κ2) is 11.9. The van der Waals surface area contributed by atoms with Gasteiger partial charge >= 0.3 is 5.97 Å². The van der Waals surface area contributed by atoms with Crippen LogP contribution in [-0.2, 0) is 29.1 Å². The summed E-state index contributed by atoms with van der Waals surface area (Å²) in [6, 6.07) is 22.4. The zero-order valence-electron chi connectivity index (χ0n) is 24.2. The highest BCUT2D eigenvalue weighted by molar-refractivity contribution is 8.00. The molecule has 0 radical (unpaired) electrons. The summed E-state index contributed by atoms with van der Waals surface area (Å²) in [4.78, 5) is 21.7. The number of halogens is 1. The van der Waals surface area contributed by atoms with Crippen molar-refractivity contribution in [2.24, 2.45) is 10.6 Å². The van der Waals surface area contributed by atoms with Crippen molar-refractivity contribution in [3.05, 3.63) is 94.9 Å². The first-order chi connectivity index (χ1) is 20.7. The molecule has 0 amide bonds. The van der Waals surface area contributed by atoms with Gasteiger partial charge in [-0.3, -0.25) is 4.98 Å². The molecule has 2 aromatic heterocycles. The molecule has 7 nitrogen and oxygen atoms in total. The molecular formula is C34H32ClN3O4S. The molecule has 0 spiro atoms. The highest BCUT2D eigenvalue weighted by atomic mass is 35.5. The van der Waals surface area contributed by atoms with E-state index in [9.17, 15) is 4.79 Å². The molecule has 3 aromatic carbocycles. The van der Waals surface area contributed by atoms with Gasteiger partial charge in [0, 0.05) is 60.7 Å².